The normalized spacial score (nSPS) is 10.8. The molecule has 0 saturated heterocycles. The van der Waals surface area contributed by atoms with Gasteiger partial charge in [0, 0.05) is 21.1 Å². The molecule has 138 valence electrons. The maximum atomic E-state index is 13.1. The fourth-order valence-corrected chi connectivity index (χ4v) is 3.58. The lowest BCUT2D eigenvalue weighted by atomic mass is 10.0. The Labute approximate surface area is 172 Å². The maximum absolute atomic E-state index is 13.1. The molecule has 3 aromatic carbocycles. The van der Waals surface area contributed by atoms with Crippen molar-refractivity contribution in [1.29, 1.82) is 0 Å². The zero-order valence-electron chi connectivity index (χ0n) is 15.7. The predicted molar refractivity (Wildman–Crippen MR) is 119 cm³/mol. The van der Waals surface area contributed by atoms with Gasteiger partial charge in [-0.3, -0.25) is 4.79 Å². The van der Waals surface area contributed by atoms with Gasteiger partial charge in [-0.1, -0.05) is 52.3 Å². The standard InChI is InChI=1S/C24H19BrN2O/c1-15-10-11-19(12-16(15)2)26-24(28)21-14-23(17-6-5-7-18(25)13-17)27-22-9-4-3-8-20(21)22/h3-14H,1-2H3,(H,26,28). The Bertz CT molecular complexity index is 1200. The molecule has 1 heterocycles. The van der Waals surface area contributed by atoms with Crippen molar-refractivity contribution in [3.63, 3.8) is 0 Å². The van der Waals surface area contributed by atoms with E-state index in [2.05, 4.69) is 28.2 Å². The predicted octanol–water partition coefficient (Wildman–Crippen LogP) is 6.53. The molecule has 0 bridgehead atoms. The Balaban J connectivity index is 1.80. The van der Waals surface area contributed by atoms with Crippen LogP contribution in [0.25, 0.3) is 22.2 Å². The lowest BCUT2D eigenvalue weighted by Gasteiger charge is -2.12. The van der Waals surface area contributed by atoms with E-state index in [0.717, 1.165) is 37.9 Å². The van der Waals surface area contributed by atoms with E-state index >= 15 is 0 Å². The maximum Gasteiger partial charge on any atom is 0.256 e. The monoisotopic (exact) mass is 430 g/mol. The number of anilines is 1. The van der Waals surface area contributed by atoms with Crippen LogP contribution in [-0.2, 0) is 0 Å². The van der Waals surface area contributed by atoms with Gasteiger partial charge in [-0.05, 0) is 61.4 Å². The summed E-state index contributed by atoms with van der Waals surface area (Å²) in [6.45, 7) is 4.10. The number of pyridine rings is 1. The number of rotatable bonds is 3. The van der Waals surface area contributed by atoms with Gasteiger partial charge < -0.3 is 5.32 Å². The average Bonchev–Trinajstić information content (AvgIpc) is 2.70. The Kier molecular flexibility index (Phi) is 4.97. The number of benzene rings is 3. The number of amides is 1. The van der Waals surface area contributed by atoms with Crippen LogP contribution in [0.3, 0.4) is 0 Å². The molecule has 0 atom stereocenters. The number of aromatic nitrogens is 1. The molecule has 1 amide bonds. The third-order valence-electron chi connectivity index (χ3n) is 4.85. The Morgan fingerprint density at radius 2 is 1.71 bits per heavy atom. The molecule has 0 aliphatic carbocycles. The van der Waals surface area contributed by atoms with Crippen molar-refractivity contribution >= 4 is 38.4 Å². The van der Waals surface area contributed by atoms with Gasteiger partial charge in [0.25, 0.3) is 5.91 Å². The zero-order chi connectivity index (χ0) is 19.7. The van der Waals surface area contributed by atoms with Gasteiger partial charge in [-0.2, -0.15) is 0 Å². The van der Waals surface area contributed by atoms with E-state index in [-0.39, 0.29) is 5.91 Å². The summed E-state index contributed by atoms with van der Waals surface area (Å²) in [5.41, 5.74) is 6.27. The molecule has 4 aromatic rings. The molecule has 0 aliphatic heterocycles. The molecular formula is C24H19BrN2O. The van der Waals surface area contributed by atoms with E-state index in [4.69, 9.17) is 4.98 Å². The van der Waals surface area contributed by atoms with Crippen LogP contribution in [0.4, 0.5) is 5.69 Å². The van der Waals surface area contributed by atoms with Crippen LogP contribution in [0, 0.1) is 13.8 Å². The van der Waals surface area contributed by atoms with Gasteiger partial charge in [0.05, 0.1) is 16.8 Å². The highest BCUT2D eigenvalue weighted by atomic mass is 79.9. The molecule has 0 fully saturated rings. The number of aryl methyl sites for hydroxylation is 2. The topological polar surface area (TPSA) is 42.0 Å². The number of halogens is 1. The zero-order valence-corrected chi connectivity index (χ0v) is 17.2. The van der Waals surface area contributed by atoms with E-state index in [1.165, 1.54) is 5.56 Å². The summed E-state index contributed by atoms with van der Waals surface area (Å²) in [6, 6.07) is 23.5. The third-order valence-corrected chi connectivity index (χ3v) is 5.34. The second kappa shape index (κ2) is 7.56. The highest BCUT2D eigenvalue weighted by molar-refractivity contribution is 9.10. The molecule has 0 unspecified atom stereocenters. The molecule has 3 nitrogen and oxygen atoms in total. The number of carbonyl (C=O) groups is 1. The number of hydrogen-bond acceptors (Lipinski definition) is 2. The first-order valence-corrected chi connectivity index (χ1v) is 9.85. The van der Waals surface area contributed by atoms with Gasteiger partial charge in [-0.15, -0.1) is 0 Å². The molecule has 0 aliphatic rings. The second-order valence-electron chi connectivity index (χ2n) is 6.84. The first-order valence-electron chi connectivity index (χ1n) is 9.05. The van der Waals surface area contributed by atoms with E-state index in [9.17, 15) is 4.79 Å². The van der Waals surface area contributed by atoms with Gasteiger partial charge in [0.1, 0.15) is 0 Å². The van der Waals surface area contributed by atoms with Gasteiger partial charge in [-0.25, -0.2) is 4.98 Å². The van der Waals surface area contributed by atoms with Crippen molar-refractivity contribution in [2.45, 2.75) is 13.8 Å². The van der Waals surface area contributed by atoms with Crippen molar-refractivity contribution in [2.24, 2.45) is 0 Å². The number of carbonyl (C=O) groups excluding carboxylic acids is 1. The van der Waals surface area contributed by atoms with Crippen molar-refractivity contribution in [3.8, 4) is 11.3 Å². The average molecular weight is 431 g/mol. The van der Waals surface area contributed by atoms with Crippen LogP contribution in [-0.4, -0.2) is 10.9 Å². The summed E-state index contributed by atoms with van der Waals surface area (Å²) in [4.78, 5) is 17.9. The molecule has 1 N–H and O–H groups in total. The minimum atomic E-state index is -0.141. The van der Waals surface area contributed by atoms with Gasteiger partial charge in [0.2, 0.25) is 0 Å². The smallest absolute Gasteiger partial charge is 0.256 e. The second-order valence-corrected chi connectivity index (χ2v) is 7.75. The summed E-state index contributed by atoms with van der Waals surface area (Å²) in [7, 11) is 0. The fraction of sp³-hybridized carbons (Fsp3) is 0.0833. The fourth-order valence-electron chi connectivity index (χ4n) is 3.18. The lowest BCUT2D eigenvalue weighted by Crippen LogP contribution is -2.13. The van der Waals surface area contributed by atoms with Gasteiger partial charge >= 0.3 is 0 Å². The minimum absolute atomic E-state index is 0.141. The van der Waals surface area contributed by atoms with Crippen molar-refractivity contribution < 1.29 is 4.79 Å². The minimum Gasteiger partial charge on any atom is -0.322 e. The quantitative estimate of drug-likeness (QED) is 0.401. The van der Waals surface area contributed by atoms with Crippen LogP contribution >= 0.6 is 15.9 Å². The molecule has 1 aromatic heterocycles. The van der Waals surface area contributed by atoms with E-state index in [1.807, 2.05) is 79.7 Å². The third kappa shape index (κ3) is 3.69. The SMILES string of the molecule is Cc1ccc(NC(=O)c2cc(-c3cccc(Br)c3)nc3ccccc23)cc1C. The van der Waals surface area contributed by atoms with Crippen molar-refractivity contribution in [1.82, 2.24) is 4.98 Å². The van der Waals surface area contributed by atoms with Gasteiger partial charge in [0.15, 0.2) is 0 Å². The molecule has 0 radical (unpaired) electrons. The number of fused-ring (bicyclic) bond motifs is 1. The first kappa shape index (κ1) is 18.4. The highest BCUT2D eigenvalue weighted by Crippen LogP contribution is 2.27. The van der Waals surface area contributed by atoms with E-state index in [0.29, 0.717) is 5.56 Å². The Hall–Kier alpha value is -2.98. The molecule has 0 spiro atoms. The van der Waals surface area contributed by atoms with Crippen LogP contribution in [0.1, 0.15) is 21.5 Å². The summed E-state index contributed by atoms with van der Waals surface area (Å²) < 4.78 is 0.973. The van der Waals surface area contributed by atoms with Crippen LogP contribution < -0.4 is 5.32 Å². The molecule has 4 heteroatoms. The number of nitrogens with zero attached hydrogens (tertiary/aromatic N) is 1. The molecule has 0 saturated carbocycles. The Morgan fingerprint density at radius 1 is 0.893 bits per heavy atom. The largest absolute Gasteiger partial charge is 0.322 e. The number of nitrogens with one attached hydrogen (secondary N) is 1. The highest BCUT2D eigenvalue weighted by Gasteiger charge is 2.14. The lowest BCUT2D eigenvalue weighted by molar-refractivity contribution is 0.102. The van der Waals surface area contributed by atoms with E-state index in [1.54, 1.807) is 0 Å². The summed E-state index contributed by atoms with van der Waals surface area (Å²) in [5.74, 6) is -0.141. The number of hydrogen-bond donors (Lipinski definition) is 1. The van der Waals surface area contributed by atoms with E-state index < -0.39 is 0 Å². The van der Waals surface area contributed by atoms with Crippen molar-refractivity contribution in [3.05, 3.63) is 94.0 Å². The summed E-state index contributed by atoms with van der Waals surface area (Å²) >= 11 is 3.51. The van der Waals surface area contributed by atoms with Crippen molar-refractivity contribution in [2.75, 3.05) is 5.32 Å². The first-order chi connectivity index (χ1) is 13.5. The molecular weight excluding hydrogens is 412 g/mol. The van der Waals surface area contributed by atoms with Crippen LogP contribution in [0.5, 0.6) is 0 Å². The summed E-state index contributed by atoms with van der Waals surface area (Å²) in [5, 5.41) is 3.87. The summed E-state index contributed by atoms with van der Waals surface area (Å²) in [6.07, 6.45) is 0. The Morgan fingerprint density at radius 3 is 2.50 bits per heavy atom. The molecule has 4 rings (SSSR count). The van der Waals surface area contributed by atoms with Crippen LogP contribution in [0.15, 0.2) is 77.3 Å². The number of para-hydroxylation sites is 1. The van der Waals surface area contributed by atoms with Crippen LogP contribution in [0.2, 0.25) is 0 Å². The molecule has 28 heavy (non-hydrogen) atoms.